The molecule has 0 heterocycles. The lowest BCUT2D eigenvalue weighted by Gasteiger charge is -2.18. The van der Waals surface area contributed by atoms with Gasteiger partial charge in [-0.15, -0.1) is 0 Å². The highest BCUT2D eigenvalue weighted by Crippen LogP contribution is 2.34. The van der Waals surface area contributed by atoms with Gasteiger partial charge in [-0.2, -0.15) is 0 Å². The number of alkyl halides is 1. The number of aryl methyl sites for hydroxylation is 1. The molecule has 1 aromatic rings. The molecule has 0 aromatic heterocycles. The smallest absolute Gasteiger partial charge is 0.281 e. The maximum atomic E-state index is 13.7. The summed E-state index contributed by atoms with van der Waals surface area (Å²) in [4.78, 5) is 3.37. The zero-order chi connectivity index (χ0) is 10.8. The van der Waals surface area contributed by atoms with Crippen molar-refractivity contribution in [1.82, 2.24) is 0 Å². The SMILES string of the molecule is [C-]#[N+]C(c1ccccc1C)C(C)(C)F. The van der Waals surface area contributed by atoms with E-state index in [1.165, 1.54) is 13.8 Å². The van der Waals surface area contributed by atoms with E-state index in [1.807, 2.05) is 31.2 Å². The van der Waals surface area contributed by atoms with Crippen LogP contribution in [0.5, 0.6) is 0 Å². The van der Waals surface area contributed by atoms with Crippen LogP contribution in [0.4, 0.5) is 4.39 Å². The Morgan fingerprint density at radius 1 is 1.36 bits per heavy atom. The van der Waals surface area contributed by atoms with Crippen molar-refractivity contribution in [1.29, 1.82) is 0 Å². The van der Waals surface area contributed by atoms with Crippen LogP contribution in [-0.2, 0) is 0 Å². The fourth-order valence-electron chi connectivity index (χ4n) is 1.49. The van der Waals surface area contributed by atoms with Gasteiger partial charge in [0.05, 0.1) is 0 Å². The number of hydrogen-bond acceptors (Lipinski definition) is 0. The fraction of sp³-hybridized carbons (Fsp3) is 0.417. The Hall–Kier alpha value is -1.36. The second-order valence-electron chi connectivity index (χ2n) is 3.95. The summed E-state index contributed by atoms with van der Waals surface area (Å²) in [6.45, 7) is 11.8. The van der Waals surface area contributed by atoms with Gasteiger partial charge in [-0.1, -0.05) is 24.3 Å². The van der Waals surface area contributed by atoms with Crippen molar-refractivity contribution in [3.63, 3.8) is 0 Å². The number of nitrogens with zero attached hydrogens (tertiary/aromatic N) is 1. The summed E-state index contributed by atoms with van der Waals surface area (Å²) >= 11 is 0. The molecule has 0 aliphatic rings. The average Bonchev–Trinajstić information content (AvgIpc) is 2.07. The molecular formula is C12H14FN. The first-order valence-electron chi connectivity index (χ1n) is 4.58. The largest absolute Gasteiger partial charge is 0.305 e. The minimum absolute atomic E-state index is 0.705. The van der Waals surface area contributed by atoms with E-state index in [0.717, 1.165) is 11.1 Å². The molecular weight excluding hydrogens is 177 g/mol. The van der Waals surface area contributed by atoms with Crippen molar-refractivity contribution >= 4 is 0 Å². The van der Waals surface area contributed by atoms with Gasteiger partial charge < -0.3 is 4.85 Å². The van der Waals surface area contributed by atoms with E-state index in [9.17, 15) is 4.39 Å². The first-order valence-corrected chi connectivity index (χ1v) is 4.58. The minimum Gasteiger partial charge on any atom is -0.305 e. The fourth-order valence-corrected chi connectivity index (χ4v) is 1.49. The highest BCUT2D eigenvalue weighted by molar-refractivity contribution is 5.32. The van der Waals surface area contributed by atoms with E-state index in [-0.39, 0.29) is 0 Å². The molecule has 1 atom stereocenters. The van der Waals surface area contributed by atoms with Gasteiger partial charge in [-0.25, -0.2) is 11.0 Å². The van der Waals surface area contributed by atoms with Crippen molar-refractivity contribution in [2.45, 2.75) is 32.5 Å². The van der Waals surface area contributed by atoms with Gasteiger partial charge >= 0.3 is 0 Å². The van der Waals surface area contributed by atoms with Crippen molar-refractivity contribution in [3.8, 4) is 0 Å². The van der Waals surface area contributed by atoms with Crippen molar-refractivity contribution < 1.29 is 4.39 Å². The average molecular weight is 191 g/mol. The van der Waals surface area contributed by atoms with Crippen LogP contribution < -0.4 is 0 Å². The second kappa shape index (κ2) is 3.79. The van der Waals surface area contributed by atoms with Gasteiger partial charge in [0.2, 0.25) is 0 Å². The summed E-state index contributed by atoms with van der Waals surface area (Å²) in [7, 11) is 0. The topological polar surface area (TPSA) is 4.36 Å². The van der Waals surface area contributed by atoms with Crippen LogP contribution >= 0.6 is 0 Å². The second-order valence-corrected chi connectivity index (χ2v) is 3.95. The van der Waals surface area contributed by atoms with Crippen molar-refractivity contribution in [2.24, 2.45) is 0 Å². The number of benzene rings is 1. The Bertz CT molecular complexity index is 357. The maximum absolute atomic E-state index is 13.7. The van der Waals surface area contributed by atoms with Crippen molar-refractivity contribution in [2.75, 3.05) is 0 Å². The molecule has 0 aliphatic carbocycles. The molecule has 0 saturated carbocycles. The van der Waals surface area contributed by atoms with E-state index >= 15 is 0 Å². The lowest BCUT2D eigenvalue weighted by atomic mass is 9.91. The Labute approximate surface area is 84.4 Å². The highest BCUT2D eigenvalue weighted by atomic mass is 19.1. The summed E-state index contributed by atoms with van der Waals surface area (Å²) in [5.41, 5.74) is 0.266. The molecule has 74 valence electrons. The monoisotopic (exact) mass is 191 g/mol. The summed E-state index contributed by atoms with van der Waals surface area (Å²) in [6.07, 6.45) is 0. The molecule has 0 aliphatic heterocycles. The van der Waals surface area contributed by atoms with Crippen LogP contribution in [0.3, 0.4) is 0 Å². The molecule has 14 heavy (non-hydrogen) atoms. The van der Waals surface area contributed by atoms with Crippen molar-refractivity contribution in [3.05, 3.63) is 46.8 Å². The van der Waals surface area contributed by atoms with Crippen LogP contribution in [0.1, 0.15) is 31.0 Å². The quantitative estimate of drug-likeness (QED) is 0.628. The number of halogens is 1. The van der Waals surface area contributed by atoms with Gasteiger partial charge in [0.25, 0.3) is 6.04 Å². The van der Waals surface area contributed by atoms with Gasteiger partial charge in [0, 0.05) is 5.56 Å². The Morgan fingerprint density at radius 3 is 2.36 bits per heavy atom. The summed E-state index contributed by atoms with van der Waals surface area (Å²) in [5.74, 6) is 0. The minimum atomic E-state index is -1.49. The van der Waals surface area contributed by atoms with Gasteiger partial charge in [-0.05, 0) is 26.3 Å². The first kappa shape index (κ1) is 10.7. The van der Waals surface area contributed by atoms with E-state index in [4.69, 9.17) is 6.57 Å². The Kier molecular flexibility index (Phi) is 2.90. The Morgan fingerprint density at radius 2 is 1.93 bits per heavy atom. The molecule has 0 N–H and O–H groups in total. The van der Waals surface area contributed by atoms with E-state index in [1.54, 1.807) is 0 Å². The molecule has 0 radical (unpaired) electrons. The molecule has 2 heteroatoms. The summed E-state index contributed by atoms with van der Waals surface area (Å²) in [6, 6.07) is 6.75. The molecule has 0 bridgehead atoms. The highest BCUT2D eigenvalue weighted by Gasteiger charge is 2.36. The molecule has 0 amide bonds. The van der Waals surface area contributed by atoms with Crippen LogP contribution in [0.15, 0.2) is 24.3 Å². The predicted molar refractivity (Wildman–Crippen MR) is 55.7 cm³/mol. The van der Waals surface area contributed by atoms with E-state index in [2.05, 4.69) is 4.85 Å². The summed E-state index contributed by atoms with van der Waals surface area (Å²) < 4.78 is 13.7. The van der Waals surface area contributed by atoms with Crippen LogP contribution in [0, 0.1) is 13.5 Å². The third-order valence-corrected chi connectivity index (χ3v) is 2.26. The van der Waals surface area contributed by atoms with E-state index in [0.29, 0.717) is 0 Å². The van der Waals surface area contributed by atoms with Crippen LogP contribution in [0.25, 0.3) is 4.85 Å². The zero-order valence-electron chi connectivity index (χ0n) is 8.71. The number of hydrogen-bond donors (Lipinski definition) is 0. The first-order chi connectivity index (χ1) is 6.46. The third kappa shape index (κ3) is 2.11. The molecule has 1 aromatic carbocycles. The van der Waals surface area contributed by atoms with Gasteiger partial charge in [0.1, 0.15) is 0 Å². The Balaban J connectivity index is 3.16. The van der Waals surface area contributed by atoms with Gasteiger partial charge in [-0.3, -0.25) is 0 Å². The number of rotatable bonds is 2. The standard InChI is InChI=1S/C12H14FN/c1-9-7-5-6-8-10(9)11(14-4)12(2,3)13/h5-8,11H,1-3H3. The lowest BCUT2D eigenvalue weighted by Crippen LogP contribution is -2.21. The van der Waals surface area contributed by atoms with E-state index < -0.39 is 11.7 Å². The molecule has 0 spiro atoms. The zero-order valence-corrected chi connectivity index (χ0v) is 8.71. The van der Waals surface area contributed by atoms with Crippen LogP contribution in [-0.4, -0.2) is 5.67 Å². The molecule has 0 saturated heterocycles. The third-order valence-electron chi connectivity index (χ3n) is 2.26. The summed E-state index contributed by atoms with van der Waals surface area (Å²) in [5, 5.41) is 0. The molecule has 1 unspecified atom stereocenters. The van der Waals surface area contributed by atoms with Crippen LogP contribution in [0.2, 0.25) is 0 Å². The normalized spacial score (nSPS) is 13.4. The molecule has 1 nitrogen and oxygen atoms in total. The predicted octanol–water partition coefficient (Wildman–Crippen LogP) is 3.70. The maximum Gasteiger partial charge on any atom is 0.281 e. The molecule has 0 fully saturated rings. The molecule has 1 rings (SSSR count). The van der Waals surface area contributed by atoms with Gasteiger partial charge in [0.15, 0.2) is 5.67 Å². The lowest BCUT2D eigenvalue weighted by molar-refractivity contribution is 0.192.